The van der Waals surface area contributed by atoms with Crippen LogP contribution in [-0.4, -0.2) is 12.7 Å². The van der Waals surface area contributed by atoms with Gasteiger partial charge in [-0.3, -0.25) is 0 Å². The minimum absolute atomic E-state index is 0.0387. The maximum absolute atomic E-state index is 11.8. The van der Waals surface area contributed by atoms with Gasteiger partial charge >= 0.3 is 6.18 Å². The summed E-state index contributed by atoms with van der Waals surface area (Å²) in [4.78, 5) is 0. The van der Waals surface area contributed by atoms with Crippen molar-refractivity contribution in [3.63, 3.8) is 0 Å². The van der Waals surface area contributed by atoms with Crippen LogP contribution in [0.3, 0.4) is 0 Å². The molecule has 0 bridgehead atoms. The van der Waals surface area contributed by atoms with Crippen molar-refractivity contribution < 1.29 is 14.5 Å². The highest BCUT2D eigenvalue weighted by Gasteiger charge is 2.54. The molecule has 1 saturated carbocycles. The second-order valence-electron chi connectivity index (χ2n) is 2.16. The Kier molecular flexibility index (Phi) is 1.15. The standard InChI is InChI=1S/C5H8F3N/c6-5(7,8)4-1-3(4)2-9/h3-4H,1-2,9H2/i4D. The van der Waals surface area contributed by atoms with Crippen molar-refractivity contribution in [3.05, 3.63) is 0 Å². The van der Waals surface area contributed by atoms with Crippen LogP contribution in [0.2, 0.25) is 0 Å². The minimum atomic E-state index is -4.39. The average molecular weight is 140 g/mol. The van der Waals surface area contributed by atoms with E-state index in [-0.39, 0.29) is 13.0 Å². The van der Waals surface area contributed by atoms with Gasteiger partial charge in [0.15, 0.2) is 0 Å². The number of rotatable bonds is 1. The number of hydrogen-bond donors (Lipinski definition) is 1. The molecule has 1 rings (SSSR count). The molecule has 1 nitrogen and oxygen atoms in total. The summed E-state index contributed by atoms with van der Waals surface area (Å²) in [5, 5.41) is 0. The summed E-state index contributed by atoms with van der Waals surface area (Å²) in [7, 11) is 0. The summed E-state index contributed by atoms with van der Waals surface area (Å²) in [5.41, 5.74) is 4.99. The molecule has 2 atom stereocenters. The molecular formula is C5H8F3N. The molecule has 0 heterocycles. The van der Waals surface area contributed by atoms with Gasteiger partial charge in [0.2, 0.25) is 0 Å². The second-order valence-corrected chi connectivity index (χ2v) is 2.16. The van der Waals surface area contributed by atoms with Crippen LogP contribution in [0.4, 0.5) is 13.2 Å². The highest BCUT2D eigenvalue weighted by Crippen LogP contribution is 2.49. The zero-order valence-electron chi connectivity index (χ0n) is 5.70. The second kappa shape index (κ2) is 1.87. The lowest BCUT2D eigenvalue weighted by molar-refractivity contribution is -0.150. The molecule has 2 unspecified atom stereocenters. The fourth-order valence-corrected chi connectivity index (χ4v) is 0.779. The summed E-state index contributed by atoms with van der Waals surface area (Å²) in [6.45, 7) is -0.0387. The lowest BCUT2D eigenvalue weighted by Crippen LogP contribution is -2.15. The molecule has 1 aliphatic rings. The molecule has 0 aromatic rings. The van der Waals surface area contributed by atoms with Gasteiger partial charge in [-0.1, -0.05) is 0 Å². The summed E-state index contributed by atoms with van der Waals surface area (Å²) < 4.78 is 42.3. The van der Waals surface area contributed by atoms with Crippen LogP contribution in [0.15, 0.2) is 0 Å². The first-order chi connectivity index (χ1) is 4.42. The van der Waals surface area contributed by atoms with E-state index in [9.17, 15) is 13.2 Å². The molecule has 0 amide bonds. The van der Waals surface area contributed by atoms with Crippen LogP contribution in [0.1, 0.15) is 7.79 Å². The Morgan fingerprint density at radius 1 is 1.67 bits per heavy atom. The first-order valence-electron chi connectivity index (χ1n) is 3.18. The number of hydrogen-bond acceptors (Lipinski definition) is 1. The fourth-order valence-electron chi connectivity index (χ4n) is 0.779. The Morgan fingerprint density at radius 2 is 2.22 bits per heavy atom. The predicted molar refractivity (Wildman–Crippen MR) is 26.7 cm³/mol. The van der Waals surface area contributed by atoms with E-state index in [0.29, 0.717) is 0 Å². The molecular weight excluding hydrogens is 131 g/mol. The lowest BCUT2D eigenvalue weighted by Gasteiger charge is -2.02. The van der Waals surface area contributed by atoms with Gasteiger partial charge in [0.05, 0.1) is 5.89 Å². The van der Waals surface area contributed by atoms with Gasteiger partial charge in [-0.2, -0.15) is 13.2 Å². The van der Waals surface area contributed by atoms with E-state index >= 15 is 0 Å². The van der Waals surface area contributed by atoms with Gasteiger partial charge < -0.3 is 5.73 Å². The normalized spacial score (nSPS) is 44.4. The molecule has 1 fully saturated rings. The molecule has 0 aromatic carbocycles. The molecule has 4 heteroatoms. The zero-order chi connectivity index (χ0) is 7.99. The van der Waals surface area contributed by atoms with Crippen LogP contribution < -0.4 is 5.73 Å². The summed E-state index contributed by atoms with van der Waals surface area (Å²) >= 11 is 0. The van der Waals surface area contributed by atoms with Gasteiger partial charge in [0.25, 0.3) is 0 Å². The van der Waals surface area contributed by atoms with Gasteiger partial charge in [-0.15, -0.1) is 0 Å². The number of halogens is 3. The van der Waals surface area contributed by atoms with E-state index in [1.165, 1.54) is 0 Å². The van der Waals surface area contributed by atoms with Crippen molar-refractivity contribution in [3.8, 4) is 0 Å². The first kappa shape index (κ1) is 5.53. The summed E-state index contributed by atoms with van der Waals surface area (Å²) in [5.74, 6) is -2.89. The van der Waals surface area contributed by atoms with Crippen molar-refractivity contribution in [2.45, 2.75) is 12.6 Å². The molecule has 0 saturated heterocycles. The first-order valence-corrected chi connectivity index (χ1v) is 2.68. The molecule has 0 radical (unpaired) electrons. The zero-order valence-corrected chi connectivity index (χ0v) is 4.70. The smallest absolute Gasteiger partial charge is 0.330 e. The maximum Gasteiger partial charge on any atom is 0.392 e. The topological polar surface area (TPSA) is 26.0 Å². The third kappa shape index (κ3) is 1.36. The SMILES string of the molecule is [2H]C1(C(F)(F)F)CC1CN. The van der Waals surface area contributed by atoms with Gasteiger partial charge in [-0.25, -0.2) is 0 Å². The molecule has 9 heavy (non-hydrogen) atoms. The third-order valence-corrected chi connectivity index (χ3v) is 1.45. The van der Waals surface area contributed by atoms with E-state index in [4.69, 9.17) is 7.10 Å². The Hall–Kier alpha value is -0.250. The molecule has 54 valence electrons. The Bertz CT molecular complexity index is 146. The van der Waals surface area contributed by atoms with E-state index in [0.717, 1.165) is 0 Å². The summed E-state index contributed by atoms with van der Waals surface area (Å²) in [6.07, 6.45) is -4.52. The fraction of sp³-hybridized carbons (Fsp3) is 1.00. The van der Waals surface area contributed by atoms with Crippen LogP contribution in [0.25, 0.3) is 0 Å². The van der Waals surface area contributed by atoms with Crippen molar-refractivity contribution in [1.82, 2.24) is 0 Å². The summed E-state index contributed by atoms with van der Waals surface area (Å²) in [6, 6.07) is 0. The number of nitrogens with two attached hydrogens (primary N) is 1. The van der Waals surface area contributed by atoms with Crippen molar-refractivity contribution >= 4 is 0 Å². The van der Waals surface area contributed by atoms with E-state index in [1.807, 2.05) is 0 Å². The molecule has 2 N–H and O–H groups in total. The van der Waals surface area contributed by atoms with Gasteiger partial charge in [-0.05, 0) is 18.9 Å². The van der Waals surface area contributed by atoms with Crippen molar-refractivity contribution in [2.75, 3.05) is 6.54 Å². The van der Waals surface area contributed by atoms with Gasteiger partial charge in [0.1, 0.15) is 0 Å². The van der Waals surface area contributed by atoms with Crippen LogP contribution >= 0.6 is 0 Å². The van der Waals surface area contributed by atoms with Crippen LogP contribution in [0.5, 0.6) is 0 Å². The van der Waals surface area contributed by atoms with Crippen molar-refractivity contribution in [2.24, 2.45) is 17.5 Å². The molecule has 0 aliphatic heterocycles. The van der Waals surface area contributed by atoms with E-state index < -0.39 is 18.0 Å². The van der Waals surface area contributed by atoms with E-state index in [2.05, 4.69) is 0 Å². The molecule has 0 aromatic heterocycles. The Labute approximate surface area is 52.4 Å². The Morgan fingerprint density at radius 3 is 2.33 bits per heavy atom. The predicted octanol–water partition coefficient (Wildman–Crippen LogP) is 1.14. The van der Waals surface area contributed by atoms with Crippen LogP contribution in [-0.2, 0) is 0 Å². The highest BCUT2D eigenvalue weighted by atomic mass is 19.4. The number of alkyl halides is 3. The van der Waals surface area contributed by atoms with E-state index in [1.54, 1.807) is 0 Å². The molecule has 0 spiro atoms. The largest absolute Gasteiger partial charge is 0.392 e. The van der Waals surface area contributed by atoms with Gasteiger partial charge in [0, 0.05) is 1.37 Å². The van der Waals surface area contributed by atoms with Crippen molar-refractivity contribution in [1.29, 1.82) is 0 Å². The quantitative estimate of drug-likeness (QED) is 0.580. The Balaban J connectivity index is 2.59. The minimum Gasteiger partial charge on any atom is -0.330 e. The third-order valence-electron chi connectivity index (χ3n) is 1.45. The monoisotopic (exact) mass is 140 g/mol. The highest BCUT2D eigenvalue weighted by molar-refractivity contribution is 4.91. The lowest BCUT2D eigenvalue weighted by atomic mass is 10.3. The maximum atomic E-state index is 11.8. The molecule has 1 aliphatic carbocycles. The van der Waals surface area contributed by atoms with Crippen LogP contribution in [0, 0.1) is 11.8 Å². The average Bonchev–Trinajstić information content (AvgIpc) is 2.41.